The zero-order chi connectivity index (χ0) is 20.2. The summed E-state index contributed by atoms with van der Waals surface area (Å²) in [5.74, 6) is -1.13. The first kappa shape index (κ1) is 19.2. The Hall–Kier alpha value is -3.15. The monoisotopic (exact) mass is 393 g/mol. The van der Waals surface area contributed by atoms with Gasteiger partial charge in [-0.3, -0.25) is 4.99 Å². The Morgan fingerprint density at radius 1 is 0.966 bits per heavy atom. The Morgan fingerprint density at radius 2 is 1.66 bits per heavy atom. The average Bonchev–Trinajstić information content (AvgIpc) is 3.22. The largest absolute Gasteiger partial charge is 0.463 e. The number of aliphatic imine (C=N–C) groups is 1. The molecule has 4 nitrogen and oxygen atoms in total. The van der Waals surface area contributed by atoms with Crippen LogP contribution >= 0.6 is 0 Å². The molecule has 1 aliphatic rings. The molecule has 2 heterocycles. The van der Waals surface area contributed by atoms with Crippen LogP contribution < -0.4 is 4.74 Å². The van der Waals surface area contributed by atoms with E-state index in [1.165, 1.54) is 18.2 Å². The lowest BCUT2D eigenvalue weighted by Gasteiger charge is -2.09. The van der Waals surface area contributed by atoms with Gasteiger partial charge in [0, 0.05) is 23.7 Å². The number of ether oxygens (including phenoxy) is 1. The van der Waals surface area contributed by atoms with Gasteiger partial charge in [0.2, 0.25) is 0 Å². The van der Waals surface area contributed by atoms with Gasteiger partial charge >= 0.3 is 6.01 Å². The molecule has 4 rings (SSSR count). The van der Waals surface area contributed by atoms with Crippen LogP contribution in [0.5, 0.6) is 6.01 Å². The maximum absolute atomic E-state index is 14.0. The van der Waals surface area contributed by atoms with Crippen LogP contribution in [-0.4, -0.2) is 22.3 Å². The van der Waals surface area contributed by atoms with Crippen molar-refractivity contribution in [3.63, 3.8) is 0 Å². The SMILES string of the molecule is CCCOc1ncc(-c2ccc(C3CCC(c4c(F)cccc4F)=N3)cc2)cn1. The highest BCUT2D eigenvalue weighted by Crippen LogP contribution is 2.33. The van der Waals surface area contributed by atoms with E-state index in [0.717, 1.165) is 29.5 Å². The van der Waals surface area contributed by atoms with Crippen molar-refractivity contribution in [1.82, 2.24) is 9.97 Å². The maximum Gasteiger partial charge on any atom is 0.316 e. The molecule has 0 saturated carbocycles. The molecular formula is C23H21F2N3O. The van der Waals surface area contributed by atoms with Crippen molar-refractivity contribution in [2.45, 2.75) is 32.2 Å². The van der Waals surface area contributed by atoms with Crippen LogP contribution in [0.25, 0.3) is 11.1 Å². The highest BCUT2D eigenvalue weighted by molar-refractivity contribution is 6.02. The van der Waals surface area contributed by atoms with E-state index < -0.39 is 11.6 Å². The zero-order valence-electron chi connectivity index (χ0n) is 16.1. The Morgan fingerprint density at radius 3 is 2.31 bits per heavy atom. The Bertz CT molecular complexity index is 997. The first-order valence-corrected chi connectivity index (χ1v) is 9.72. The second-order valence-electron chi connectivity index (χ2n) is 6.95. The molecule has 6 heteroatoms. The fraction of sp³-hybridized carbons (Fsp3) is 0.261. The molecule has 0 saturated heterocycles. The second kappa shape index (κ2) is 8.47. The number of hydrogen-bond donors (Lipinski definition) is 0. The molecule has 2 aromatic carbocycles. The summed E-state index contributed by atoms with van der Waals surface area (Å²) in [5, 5.41) is 0. The molecule has 0 amide bonds. The third-order valence-electron chi connectivity index (χ3n) is 4.91. The summed E-state index contributed by atoms with van der Waals surface area (Å²) >= 11 is 0. The van der Waals surface area contributed by atoms with E-state index in [2.05, 4.69) is 15.0 Å². The Balaban J connectivity index is 1.50. The molecule has 1 aromatic heterocycles. The fourth-order valence-corrected chi connectivity index (χ4v) is 3.43. The van der Waals surface area contributed by atoms with Crippen LogP contribution in [0.4, 0.5) is 8.78 Å². The topological polar surface area (TPSA) is 47.4 Å². The summed E-state index contributed by atoms with van der Waals surface area (Å²) in [4.78, 5) is 13.0. The molecule has 1 unspecified atom stereocenters. The van der Waals surface area contributed by atoms with Crippen molar-refractivity contribution in [2.75, 3.05) is 6.61 Å². The molecule has 3 aromatic rings. The maximum atomic E-state index is 14.0. The quantitative estimate of drug-likeness (QED) is 0.553. The van der Waals surface area contributed by atoms with Gasteiger partial charge in [0.05, 0.1) is 18.2 Å². The summed E-state index contributed by atoms with van der Waals surface area (Å²) in [6, 6.07) is 12.1. The van der Waals surface area contributed by atoms with E-state index in [1.54, 1.807) is 12.4 Å². The molecule has 0 N–H and O–H groups in total. The number of halogens is 2. The van der Waals surface area contributed by atoms with Crippen molar-refractivity contribution in [2.24, 2.45) is 4.99 Å². The van der Waals surface area contributed by atoms with E-state index in [0.29, 0.717) is 24.7 Å². The molecule has 1 aliphatic heterocycles. The van der Waals surface area contributed by atoms with Gasteiger partial charge in [0.15, 0.2) is 0 Å². The van der Waals surface area contributed by atoms with E-state index >= 15 is 0 Å². The van der Waals surface area contributed by atoms with Gasteiger partial charge in [0.25, 0.3) is 0 Å². The van der Waals surface area contributed by atoms with Gasteiger partial charge in [-0.05, 0) is 42.5 Å². The van der Waals surface area contributed by atoms with Crippen molar-refractivity contribution in [3.8, 4) is 17.1 Å². The predicted octanol–water partition coefficient (Wildman–Crippen LogP) is 5.53. The van der Waals surface area contributed by atoms with Gasteiger partial charge in [-0.15, -0.1) is 0 Å². The normalized spacial score (nSPS) is 16.0. The van der Waals surface area contributed by atoms with Crippen LogP contribution in [0.3, 0.4) is 0 Å². The van der Waals surface area contributed by atoms with Crippen molar-refractivity contribution >= 4 is 5.71 Å². The smallest absolute Gasteiger partial charge is 0.316 e. The van der Waals surface area contributed by atoms with Crippen molar-refractivity contribution in [1.29, 1.82) is 0 Å². The first-order valence-electron chi connectivity index (χ1n) is 9.72. The molecule has 0 aliphatic carbocycles. The lowest BCUT2D eigenvalue weighted by molar-refractivity contribution is 0.292. The summed E-state index contributed by atoms with van der Waals surface area (Å²) in [6.45, 7) is 2.62. The fourth-order valence-electron chi connectivity index (χ4n) is 3.43. The van der Waals surface area contributed by atoms with Crippen LogP contribution in [-0.2, 0) is 0 Å². The van der Waals surface area contributed by atoms with Crippen LogP contribution in [0.2, 0.25) is 0 Å². The lowest BCUT2D eigenvalue weighted by Crippen LogP contribution is -2.03. The minimum Gasteiger partial charge on any atom is -0.463 e. The Kier molecular flexibility index (Phi) is 5.60. The molecule has 1 atom stereocenters. The van der Waals surface area contributed by atoms with E-state index in [9.17, 15) is 8.78 Å². The molecular weight excluding hydrogens is 372 g/mol. The summed E-state index contributed by atoms with van der Waals surface area (Å²) in [5.41, 5.74) is 3.38. The minimum atomic E-state index is -0.564. The summed E-state index contributed by atoms with van der Waals surface area (Å²) < 4.78 is 33.5. The highest BCUT2D eigenvalue weighted by Gasteiger charge is 2.24. The van der Waals surface area contributed by atoms with Crippen molar-refractivity contribution in [3.05, 3.63) is 77.6 Å². The van der Waals surface area contributed by atoms with Gasteiger partial charge in [-0.25, -0.2) is 18.7 Å². The molecule has 0 fully saturated rings. The molecule has 29 heavy (non-hydrogen) atoms. The number of nitrogens with zero attached hydrogens (tertiary/aromatic N) is 3. The van der Waals surface area contributed by atoms with Gasteiger partial charge in [-0.2, -0.15) is 0 Å². The number of aromatic nitrogens is 2. The number of benzene rings is 2. The Labute approximate surface area is 168 Å². The average molecular weight is 393 g/mol. The van der Waals surface area contributed by atoms with Gasteiger partial charge in [0.1, 0.15) is 11.6 Å². The lowest BCUT2D eigenvalue weighted by atomic mass is 10.0. The molecule has 0 bridgehead atoms. The van der Waals surface area contributed by atoms with Crippen LogP contribution in [0.15, 0.2) is 59.9 Å². The summed E-state index contributed by atoms with van der Waals surface area (Å²) in [7, 11) is 0. The second-order valence-corrected chi connectivity index (χ2v) is 6.95. The van der Waals surface area contributed by atoms with E-state index in [1.807, 2.05) is 31.2 Å². The third kappa shape index (κ3) is 4.16. The van der Waals surface area contributed by atoms with Crippen molar-refractivity contribution < 1.29 is 13.5 Å². The highest BCUT2D eigenvalue weighted by atomic mass is 19.1. The van der Waals surface area contributed by atoms with Gasteiger partial charge < -0.3 is 4.74 Å². The van der Waals surface area contributed by atoms with Gasteiger partial charge in [-0.1, -0.05) is 37.3 Å². The standard InChI is InChI=1S/C23H21F2N3O/c1-2-12-29-23-26-13-17(14-27-23)15-6-8-16(9-7-15)20-10-11-21(28-20)22-18(24)4-3-5-19(22)25/h3-9,13-14,20H,2,10-12H2,1H3. The van der Waals surface area contributed by atoms with Crippen LogP contribution in [0.1, 0.15) is 43.4 Å². The number of rotatable bonds is 6. The first-order chi connectivity index (χ1) is 14.2. The number of hydrogen-bond acceptors (Lipinski definition) is 4. The molecule has 148 valence electrons. The molecule has 0 spiro atoms. The van der Waals surface area contributed by atoms with E-state index in [-0.39, 0.29) is 11.6 Å². The summed E-state index contributed by atoms with van der Waals surface area (Å²) in [6.07, 6.45) is 5.66. The molecule has 0 radical (unpaired) electrons. The van der Waals surface area contributed by atoms with Crippen LogP contribution in [0, 0.1) is 11.6 Å². The third-order valence-corrected chi connectivity index (χ3v) is 4.91. The zero-order valence-corrected chi connectivity index (χ0v) is 16.1. The minimum absolute atomic E-state index is 0.00542. The van der Waals surface area contributed by atoms with E-state index in [4.69, 9.17) is 4.74 Å². The predicted molar refractivity (Wildman–Crippen MR) is 108 cm³/mol.